The van der Waals surface area contributed by atoms with Gasteiger partial charge >= 0.3 is 17.9 Å². The highest BCUT2D eigenvalue weighted by Crippen LogP contribution is 2.45. The van der Waals surface area contributed by atoms with Gasteiger partial charge in [-0.2, -0.15) is 0 Å². The number of carbonyl (C=O) groups excluding carboxylic acids is 3. The molecule has 3 rings (SSSR count). The van der Waals surface area contributed by atoms with Crippen molar-refractivity contribution in [2.24, 2.45) is 0 Å². The molecule has 2 aromatic rings. The number of carbonyl (C=O) groups is 3. The smallest absolute Gasteiger partial charge is 0.344 e. The summed E-state index contributed by atoms with van der Waals surface area (Å²) in [5.41, 5.74) is 1.63. The molecule has 1 aliphatic rings. The zero-order valence-electron chi connectivity index (χ0n) is 18.5. The van der Waals surface area contributed by atoms with Crippen LogP contribution in [0.4, 0.5) is 4.39 Å². The Labute approximate surface area is 216 Å². The molecule has 35 heavy (non-hydrogen) atoms. The van der Waals surface area contributed by atoms with Gasteiger partial charge in [0.05, 0.1) is 6.42 Å². The fraction of sp³-hybridized carbons (Fsp3) is 0.320. The van der Waals surface area contributed by atoms with Crippen molar-refractivity contribution in [1.29, 1.82) is 0 Å². The van der Waals surface area contributed by atoms with Gasteiger partial charge in [0.15, 0.2) is 6.61 Å². The first-order valence-electron chi connectivity index (χ1n) is 10.6. The molecule has 0 amide bonds. The Morgan fingerprint density at radius 1 is 0.914 bits per heavy atom. The maximum atomic E-state index is 13.2. The van der Waals surface area contributed by atoms with Gasteiger partial charge in [-0.25, -0.2) is 14.0 Å². The van der Waals surface area contributed by atoms with Crippen LogP contribution in [0.25, 0.3) is 11.1 Å². The normalized spacial score (nSPS) is 14.4. The monoisotopic (exact) mass is 542 g/mol. The molecule has 10 heteroatoms. The van der Waals surface area contributed by atoms with Gasteiger partial charge < -0.3 is 14.2 Å². The van der Waals surface area contributed by atoms with Crippen molar-refractivity contribution in [3.8, 4) is 11.1 Å². The zero-order valence-corrected chi connectivity index (χ0v) is 20.8. The minimum Gasteiger partial charge on any atom is -0.459 e. The number of benzene rings is 2. The molecule has 0 radical (unpaired) electrons. The lowest BCUT2D eigenvalue weighted by atomic mass is 9.74. The lowest BCUT2D eigenvalue weighted by Gasteiger charge is -2.41. The second-order valence-electron chi connectivity index (χ2n) is 8.04. The summed E-state index contributed by atoms with van der Waals surface area (Å²) < 4.78 is 26.6. The fourth-order valence-corrected chi connectivity index (χ4v) is 3.65. The molecule has 0 bridgehead atoms. The van der Waals surface area contributed by atoms with Gasteiger partial charge in [-0.15, -0.1) is 0 Å². The highest BCUT2D eigenvalue weighted by Gasteiger charge is 2.42. The lowest BCUT2D eigenvalue weighted by molar-refractivity contribution is -0.171. The maximum Gasteiger partial charge on any atom is 0.344 e. The molecule has 2 aromatic carbocycles. The Kier molecular flexibility index (Phi) is 8.80. The standard InChI is InChI=1S/C25H22Cl3FO6/c1-16(23(32)33-14-22(31)34-15-25(26,27)28)13-21(30)35-24(11-2-12-24)19-7-3-17(4-8-19)18-5-9-20(29)10-6-18/h3-10H,1-2,11-15H2. The first-order valence-corrected chi connectivity index (χ1v) is 11.8. The Bertz CT molecular complexity index is 1090. The van der Waals surface area contributed by atoms with Crippen LogP contribution in [0.1, 0.15) is 31.2 Å². The molecular weight excluding hydrogens is 522 g/mol. The van der Waals surface area contributed by atoms with Crippen molar-refractivity contribution in [1.82, 2.24) is 0 Å². The van der Waals surface area contributed by atoms with Crippen LogP contribution in [0.15, 0.2) is 60.7 Å². The van der Waals surface area contributed by atoms with Crippen LogP contribution in [0, 0.1) is 5.82 Å². The average molecular weight is 544 g/mol. The molecule has 186 valence electrons. The Hall–Kier alpha value is -2.61. The van der Waals surface area contributed by atoms with E-state index in [1.165, 1.54) is 12.1 Å². The van der Waals surface area contributed by atoms with E-state index in [0.29, 0.717) is 12.8 Å². The Morgan fingerprint density at radius 3 is 2.00 bits per heavy atom. The van der Waals surface area contributed by atoms with Crippen molar-refractivity contribution in [2.75, 3.05) is 13.2 Å². The van der Waals surface area contributed by atoms with Crippen LogP contribution in [0.5, 0.6) is 0 Å². The van der Waals surface area contributed by atoms with E-state index in [1.807, 2.05) is 24.3 Å². The van der Waals surface area contributed by atoms with Gasteiger partial charge in [-0.1, -0.05) is 77.8 Å². The summed E-state index contributed by atoms with van der Waals surface area (Å²) in [5, 5.41) is 0. The second kappa shape index (κ2) is 11.4. The second-order valence-corrected chi connectivity index (χ2v) is 10.6. The largest absolute Gasteiger partial charge is 0.459 e. The first-order chi connectivity index (χ1) is 16.5. The molecule has 0 aliphatic heterocycles. The summed E-state index contributed by atoms with van der Waals surface area (Å²) in [6.07, 6.45) is 1.75. The predicted octanol–water partition coefficient (Wildman–Crippen LogP) is 5.82. The number of hydrogen-bond donors (Lipinski definition) is 0. The van der Waals surface area contributed by atoms with E-state index in [0.717, 1.165) is 23.1 Å². The van der Waals surface area contributed by atoms with Crippen LogP contribution in [0.2, 0.25) is 0 Å². The maximum absolute atomic E-state index is 13.2. The van der Waals surface area contributed by atoms with Gasteiger partial charge in [0, 0.05) is 5.57 Å². The van der Waals surface area contributed by atoms with Crippen molar-refractivity contribution in [3.05, 3.63) is 72.1 Å². The molecule has 0 heterocycles. The summed E-state index contributed by atoms with van der Waals surface area (Å²) in [5.74, 6) is -2.82. The number of rotatable bonds is 9. The summed E-state index contributed by atoms with van der Waals surface area (Å²) in [7, 11) is 0. The molecular formula is C25H22Cl3FO6. The third-order valence-corrected chi connectivity index (χ3v) is 5.75. The number of ether oxygens (including phenoxy) is 3. The van der Waals surface area contributed by atoms with E-state index < -0.39 is 46.9 Å². The summed E-state index contributed by atoms with van der Waals surface area (Å²) >= 11 is 16.4. The SMILES string of the molecule is C=C(CC(=O)OC1(c2ccc(-c3ccc(F)cc3)cc2)CCC1)C(=O)OCC(=O)OCC(Cl)(Cl)Cl. The Morgan fingerprint density at radius 2 is 1.49 bits per heavy atom. The molecule has 6 nitrogen and oxygen atoms in total. The van der Waals surface area contributed by atoms with E-state index in [2.05, 4.69) is 11.3 Å². The van der Waals surface area contributed by atoms with Crippen LogP contribution in [0.3, 0.4) is 0 Å². The van der Waals surface area contributed by atoms with Crippen LogP contribution in [-0.4, -0.2) is 34.9 Å². The van der Waals surface area contributed by atoms with Crippen molar-refractivity contribution in [3.63, 3.8) is 0 Å². The minimum atomic E-state index is -1.79. The molecule has 1 aliphatic carbocycles. The highest BCUT2D eigenvalue weighted by atomic mass is 35.6. The number of hydrogen-bond acceptors (Lipinski definition) is 6. The topological polar surface area (TPSA) is 78.9 Å². The highest BCUT2D eigenvalue weighted by molar-refractivity contribution is 6.67. The predicted molar refractivity (Wildman–Crippen MR) is 129 cm³/mol. The van der Waals surface area contributed by atoms with E-state index >= 15 is 0 Å². The average Bonchev–Trinajstić information content (AvgIpc) is 2.78. The van der Waals surface area contributed by atoms with E-state index in [-0.39, 0.29) is 11.4 Å². The number of halogens is 4. The summed E-state index contributed by atoms with van der Waals surface area (Å²) in [6, 6.07) is 13.7. The number of alkyl halides is 3. The zero-order chi connectivity index (χ0) is 25.6. The first kappa shape index (κ1) is 27.0. The van der Waals surface area contributed by atoms with Gasteiger partial charge in [-0.3, -0.25) is 4.79 Å². The van der Waals surface area contributed by atoms with Crippen molar-refractivity contribution < 1.29 is 33.0 Å². The van der Waals surface area contributed by atoms with Gasteiger partial charge in [0.25, 0.3) is 0 Å². The third-order valence-electron chi connectivity index (χ3n) is 5.42. The molecule has 0 saturated heterocycles. The van der Waals surface area contributed by atoms with Crippen LogP contribution in [-0.2, 0) is 34.2 Å². The summed E-state index contributed by atoms with van der Waals surface area (Å²) in [4.78, 5) is 36.2. The van der Waals surface area contributed by atoms with Crippen molar-refractivity contribution >= 4 is 52.7 Å². The van der Waals surface area contributed by atoms with E-state index in [4.69, 9.17) is 44.3 Å². The molecule has 0 N–H and O–H groups in total. The van der Waals surface area contributed by atoms with Gasteiger partial charge in [-0.05, 0) is 48.1 Å². The van der Waals surface area contributed by atoms with E-state index in [9.17, 15) is 18.8 Å². The minimum absolute atomic E-state index is 0.176. The molecule has 0 aromatic heterocycles. The number of esters is 3. The lowest BCUT2D eigenvalue weighted by Crippen LogP contribution is -2.39. The Balaban J connectivity index is 1.53. The third kappa shape index (κ3) is 7.69. The van der Waals surface area contributed by atoms with Crippen LogP contribution < -0.4 is 0 Å². The molecule has 1 saturated carbocycles. The molecule has 0 atom stereocenters. The molecule has 0 unspecified atom stereocenters. The van der Waals surface area contributed by atoms with Gasteiger partial charge in [0.2, 0.25) is 3.79 Å². The van der Waals surface area contributed by atoms with Gasteiger partial charge in [0.1, 0.15) is 18.0 Å². The van der Waals surface area contributed by atoms with E-state index in [1.54, 1.807) is 12.1 Å². The van der Waals surface area contributed by atoms with Crippen molar-refractivity contribution in [2.45, 2.75) is 35.1 Å². The quantitative estimate of drug-likeness (QED) is 0.172. The van der Waals surface area contributed by atoms with Crippen LogP contribution >= 0.6 is 34.8 Å². The molecule has 1 fully saturated rings. The summed E-state index contributed by atoms with van der Waals surface area (Å²) in [6.45, 7) is 2.31. The molecule has 0 spiro atoms. The fourth-order valence-electron chi connectivity index (χ4n) is 3.49.